The van der Waals surface area contributed by atoms with Gasteiger partial charge in [-0.15, -0.1) is 0 Å². The van der Waals surface area contributed by atoms with Gasteiger partial charge in [-0.05, 0) is 25.8 Å². The maximum Gasteiger partial charge on any atom is 0.347 e. The number of allylic oxidation sites excluding steroid dienone is 2. The Hall–Kier alpha value is -3.80. The Labute approximate surface area is 221 Å². The van der Waals surface area contributed by atoms with E-state index in [0.29, 0.717) is 17.8 Å². The smallest absolute Gasteiger partial charge is 0.347 e. The molecule has 208 valence electrons. The number of esters is 2. The number of nitro groups is 2. The van der Waals surface area contributed by atoms with Crippen LogP contribution in [0.5, 0.6) is 0 Å². The molecule has 2 unspecified atom stereocenters. The zero-order chi connectivity index (χ0) is 28.2. The predicted molar refractivity (Wildman–Crippen MR) is 137 cm³/mol. The molecule has 0 radical (unpaired) electrons. The lowest BCUT2D eigenvalue weighted by molar-refractivity contribution is -0.572. The van der Waals surface area contributed by atoms with Gasteiger partial charge in [-0.3, -0.25) is 20.2 Å². The van der Waals surface area contributed by atoms with Gasteiger partial charge in [0.1, 0.15) is 0 Å². The van der Waals surface area contributed by atoms with Crippen molar-refractivity contribution in [2.45, 2.75) is 77.9 Å². The summed E-state index contributed by atoms with van der Waals surface area (Å²) in [6.07, 6.45) is 5.11. The topological polar surface area (TPSA) is 171 Å². The van der Waals surface area contributed by atoms with Crippen molar-refractivity contribution in [3.8, 4) is 0 Å². The summed E-state index contributed by atoms with van der Waals surface area (Å²) >= 11 is 0. The number of benzene rings is 1. The van der Waals surface area contributed by atoms with Gasteiger partial charge in [0.05, 0.1) is 33.5 Å². The van der Waals surface area contributed by atoms with Crippen LogP contribution in [0.25, 0.3) is 0 Å². The molecule has 0 saturated carbocycles. The molecule has 0 fully saturated rings. The van der Waals surface area contributed by atoms with Crippen molar-refractivity contribution < 1.29 is 34.0 Å². The molecule has 1 aromatic carbocycles. The Balaban J connectivity index is 2.31. The molecule has 0 saturated heterocycles. The molecule has 2 N–H and O–H groups in total. The second-order valence-electron chi connectivity index (χ2n) is 9.11. The minimum absolute atomic E-state index is 0.0702. The van der Waals surface area contributed by atoms with Crippen LogP contribution in [0.15, 0.2) is 46.8 Å². The van der Waals surface area contributed by atoms with E-state index >= 15 is 0 Å². The number of aliphatic hydroxyl groups is 1. The van der Waals surface area contributed by atoms with Crippen molar-refractivity contribution in [3.63, 3.8) is 0 Å². The van der Waals surface area contributed by atoms with Crippen LogP contribution >= 0.6 is 0 Å². The molecule has 0 spiro atoms. The number of nitro benzene ring substituents is 1. The van der Waals surface area contributed by atoms with E-state index in [9.17, 15) is 34.9 Å². The molecule has 12 nitrogen and oxygen atoms in total. The fourth-order valence-corrected chi connectivity index (χ4v) is 4.28. The van der Waals surface area contributed by atoms with Crippen molar-refractivity contribution in [3.05, 3.63) is 72.6 Å². The highest BCUT2D eigenvalue weighted by Gasteiger charge is 2.39. The number of hydrogen-bond acceptors (Lipinski definition) is 10. The first kappa shape index (κ1) is 30.4. The van der Waals surface area contributed by atoms with Crippen LogP contribution in [0, 0.1) is 20.2 Å². The number of nitrogens with zero attached hydrogens (tertiary/aromatic N) is 2. The monoisotopic (exact) mass is 533 g/mol. The molecule has 0 amide bonds. The van der Waals surface area contributed by atoms with Crippen LogP contribution in [0.3, 0.4) is 0 Å². The minimum atomic E-state index is -2.13. The molecule has 1 aliphatic rings. The van der Waals surface area contributed by atoms with E-state index in [-0.39, 0.29) is 29.0 Å². The standard InChI is InChI=1S/C26H35N3O9/c1-4-5-6-7-8-9-10-14-37-25(31)22-17(2)27-18(3)23(26(32)38-16-21(30)29(35)36)24(22)19-12-11-13-20(15-19)28(33)34/h11-13,15,21,24,27,30H,4-10,14,16H2,1-3H3. The Kier molecular flexibility index (Phi) is 11.9. The molecule has 1 heterocycles. The normalized spacial score (nSPS) is 16.1. The summed E-state index contributed by atoms with van der Waals surface area (Å²) in [5.41, 5.74) is 0.705. The van der Waals surface area contributed by atoms with Gasteiger partial charge in [-0.25, -0.2) is 9.59 Å². The number of hydrogen-bond donors (Lipinski definition) is 2. The summed E-state index contributed by atoms with van der Waals surface area (Å²) in [5, 5.41) is 34.5. The summed E-state index contributed by atoms with van der Waals surface area (Å²) in [7, 11) is 0. The van der Waals surface area contributed by atoms with Crippen molar-refractivity contribution in [2.24, 2.45) is 0 Å². The Morgan fingerprint density at radius 3 is 2.13 bits per heavy atom. The molecule has 2 atom stereocenters. The maximum absolute atomic E-state index is 13.3. The maximum atomic E-state index is 13.3. The molecular formula is C26H35N3O9. The lowest BCUT2D eigenvalue weighted by atomic mass is 9.80. The number of ether oxygens (including phenoxy) is 2. The fraction of sp³-hybridized carbons (Fsp3) is 0.538. The van der Waals surface area contributed by atoms with Gasteiger partial charge in [0.25, 0.3) is 5.69 Å². The first-order valence-electron chi connectivity index (χ1n) is 12.7. The number of carbonyl (C=O) groups is 2. The molecule has 0 bridgehead atoms. The van der Waals surface area contributed by atoms with Crippen molar-refractivity contribution in [1.29, 1.82) is 0 Å². The molecule has 0 aromatic heterocycles. The van der Waals surface area contributed by atoms with E-state index in [1.807, 2.05) is 0 Å². The van der Waals surface area contributed by atoms with E-state index in [0.717, 1.165) is 25.7 Å². The Bertz CT molecular complexity index is 1100. The molecule has 1 aromatic rings. The van der Waals surface area contributed by atoms with Crippen LogP contribution in [0.4, 0.5) is 5.69 Å². The molecule has 2 rings (SSSR count). The number of unbranched alkanes of at least 4 members (excludes halogenated alkanes) is 6. The average molecular weight is 534 g/mol. The van der Waals surface area contributed by atoms with Crippen molar-refractivity contribution in [2.75, 3.05) is 13.2 Å². The number of carbonyl (C=O) groups excluding carboxylic acids is 2. The van der Waals surface area contributed by atoms with Crippen LogP contribution in [-0.2, 0) is 19.1 Å². The van der Waals surface area contributed by atoms with E-state index < -0.39 is 40.5 Å². The van der Waals surface area contributed by atoms with Crippen LogP contribution < -0.4 is 5.32 Å². The zero-order valence-electron chi connectivity index (χ0n) is 21.9. The SMILES string of the molecule is CCCCCCCCCOC(=O)C1=C(C)NC(C)=C(C(=O)OCC(O)[N+](=O)[O-])C1c1cccc([N+](=O)[O-])c1. The highest BCUT2D eigenvalue weighted by molar-refractivity contribution is 6.00. The summed E-state index contributed by atoms with van der Waals surface area (Å²) in [5.74, 6) is -2.81. The number of aliphatic hydroxyl groups excluding tert-OH is 1. The summed E-state index contributed by atoms with van der Waals surface area (Å²) in [6.45, 7) is 4.58. The number of rotatable bonds is 15. The Morgan fingerprint density at radius 1 is 0.974 bits per heavy atom. The summed E-state index contributed by atoms with van der Waals surface area (Å²) < 4.78 is 10.5. The summed E-state index contributed by atoms with van der Waals surface area (Å²) in [6, 6.07) is 5.49. The third-order valence-electron chi connectivity index (χ3n) is 6.20. The fourth-order valence-electron chi connectivity index (χ4n) is 4.28. The van der Waals surface area contributed by atoms with E-state index in [4.69, 9.17) is 9.47 Å². The third-order valence-corrected chi connectivity index (χ3v) is 6.20. The number of non-ortho nitro benzene ring substituents is 1. The van der Waals surface area contributed by atoms with Gasteiger partial charge in [0, 0.05) is 23.5 Å². The number of nitrogens with one attached hydrogen (secondary N) is 1. The van der Waals surface area contributed by atoms with Gasteiger partial charge >= 0.3 is 18.2 Å². The van der Waals surface area contributed by atoms with Crippen molar-refractivity contribution in [1.82, 2.24) is 5.32 Å². The molecular weight excluding hydrogens is 498 g/mol. The average Bonchev–Trinajstić information content (AvgIpc) is 2.87. The highest BCUT2D eigenvalue weighted by atomic mass is 16.7. The molecule has 1 aliphatic heterocycles. The third kappa shape index (κ3) is 8.37. The van der Waals surface area contributed by atoms with Crippen LogP contribution in [0.1, 0.15) is 77.2 Å². The quantitative estimate of drug-likeness (QED) is 0.109. The first-order valence-corrected chi connectivity index (χ1v) is 12.7. The van der Waals surface area contributed by atoms with Gasteiger partial charge in [0.15, 0.2) is 6.61 Å². The zero-order valence-corrected chi connectivity index (χ0v) is 21.9. The lowest BCUT2D eigenvalue weighted by Gasteiger charge is -2.30. The van der Waals surface area contributed by atoms with E-state index in [1.54, 1.807) is 13.8 Å². The number of dihydropyridines is 1. The van der Waals surface area contributed by atoms with Crippen LogP contribution in [0.2, 0.25) is 0 Å². The van der Waals surface area contributed by atoms with Crippen molar-refractivity contribution >= 4 is 17.6 Å². The van der Waals surface area contributed by atoms with Gasteiger partial charge in [-0.2, -0.15) is 0 Å². The van der Waals surface area contributed by atoms with Gasteiger partial charge in [-0.1, -0.05) is 57.6 Å². The second kappa shape index (κ2) is 14.8. The van der Waals surface area contributed by atoms with Gasteiger partial charge < -0.3 is 19.9 Å². The van der Waals surface area contributed by atoms with E-state index in [1.165, 1.54) is 37.1 Å². The Morgan fingerprint density at radius 2 is 1.55 bits per heavy atom. The second-order valence-corrected chi connectivity index (χ2v) is 9.11. The minimum Gasteiger partial charge on any atom is -0.462 e. The predicted octanol–water partition coefficient (Wildman–Crippen LogP) is 4.26. The summed E-state index contributed by atoms with van der Waals surface area (Å²) in [4.78, 5) is 46.9. The molecule has 0 aliphatic carbocycles. The first-order chi connectivity index (χ1) is 18.1. The molecule has 12 heteroatoms. The molecule has 38 heavy (non-hydrogen) atoms. The lowest BCUT2D eigenvalue weighted by Crippen LogP contribution is -2.34. The highest BCUT2D eigenvalue weighted by Crippen LogP contribution is 2.40. The largest absolute Gasteiger partial charge is 0.462 e. The van der Waals surface area contributed by atoms with Gasteiger partial charge in [0.2, 0.25) is 0 Å². The van der Waals surface area contributed by atoms with E-state index in [2.05, 4.69) is 12.2 Å². The van der Waals surface area contributed by atoms with Crippen LogP contribution in [-0.4, -0.2) is 46.3 Å².